The van der Waals surface area contributed by atoms with Gasteiger partial charge in [-0.25, -0.2) is 8.42 Å². The third-order valence-corrected chi connectivity index (χ3v) is 7.67. The molecule has 2 fully saturated rings. The van der Waals surface area contributed by atoms with Crippen LogP contribution in [0.25, 0.3) is 0 Å². The van der Waals surface area contributed by atoms with Crippen molar-refractivity contribution in [2.75, 3.05) is 26.7 Å². The molecular weight excluding hydrogens is 364 g/mol. The van der Waals surface area contributed by atoms with E-state index >= 15 is 0 Å². The van der Waals surface area contributed by atoms with Crippen molar-refractivity contribution in [2.45, 2.75) is 62.8 Å². The molecule has 1 amide bonds. The van der Waals surface area contributed by atoms with Crippen LogP contribution in [0.5, 0.6) is 5.75 Å². The van der Waals surface area contributed by atoms with Crippen molar-refractivity contribution >= 4 is 15.9 Å². The lowest BCUT2D eigenvalue weighted by Crippen LogP contribution is -2.42. The molecular formula is C20H30N2O4S. The first kappa shape index (κ1) is 20.1. The van der Waals surface area contributed by atoms with Crippen molar-refractivity contribution < 1.29 is 17.9 Å². The average molecular weight is 395 g/mol. The minimum Gasteiger partial charge on any atom is -0.495 e. The van der Waals surface area contributed by atoms with Crippen molar-refractivity contribution in [3.8, 4) is 5.75 Å². The van der Waals surface area contributed by atoms with Gasteiger partial charge in [0.05, 0.1) is 7.11 Å². The Morgan fingerprint density at radius 2 is 1.70 bits per heavy atom. The van der Waals surface area contributed by atoms with Crippen LogP contribution in [0.2, 0.25) is 0 Å². The first-order valence-corrected chi connectivity index (χ1v) is 11.4. The van der Waals surface area contributed by atoms with E-state index in [1.807, 2.05) is 11.8 Å². The Labute approximate surface area is 162 Å². The van der Waals surface area contributed by atoms with Crippen LogP contribution in [-0.2, 0) is 10.0 Å². The van der Waals surface area contributed by atoms with Crippen LogP contribution in [-0.4, -0.2) is 56.3 Å². The lowest BCUT2D eigenvalue weighted by molar-refractivity contribution is 0.0761. The quantitative estimate of drug-likeness (QED) is 0.786. The number of carbonyl (C=O) groups is 1. The van der Waals surface area contributed by atoms with Crippen molar-refractivity contribution in [2.24, 2.45) is 0 Å². The zero-order chi connectivity index (χ0) is 19.4. The molecule has 0 radical (unpaired) electrons. The number of nitrogens with zero attached hydrogens (tertiary/aromatic N) is 2. The molecule has 0 N–H and O–H groups in total. The Morgan fingerprint density at radius 3 is 2.33 bits per heavy atom. The monoisotopic (exact) mass is 394 g/mol. The maximum absolute atomic E-state index is 13.3. The van der Waals surface area contributed by atoms with Crippen molar-refractivity contribution in [1.29, 1.82) is 0 Å². The van der Waals surface area contributed by atoms with Gasteiger partial charge in [0.25, 0.3) is 5.91 Å². The number of amides is 1. The molecule has 27 heavy (non-hydrogen) atoms. The molecule has 0 aromatic heterocycles. The molecule has 6 nitrogen and oxygen atoms in total. The molecule has 2 aliphatic heterocycles. The Bertz CT molecular complexity index is 770. The molecule has 1 aromatic carbocycles. The third-order valence-electron chi connectivity index (χ3n) is 5.63. The molecule has 0 unspecified atom stereocenters. The van der Waals surface area contributed by atoms with Crippen LogP contribution in [0, 0.1) is 0 Å². The van der Waals surface area contributed by atoms with E-state index in [9.17, 15) is 13.2 Å². The van der Waals surface area contributed by atoms with E-state index < -0.39 is 10.0 Å². The van der Waals surface area contributed by atoms with E-state index in [1.54, 1.807) is 16.4 Å². The second-order valence-corrected chi connectivity index (χ2v) is 9.39. The second-order valence-electron chi connectivity index (χ2n) is 7.53. The summed E-state index contributed by atoms with van der Waals surface area (Å²) in [6.45, 7) is 3.92. The summed E-state index contributed by atoms with van der Waals surface area (Å²) < 4.78 is 33.5. The maximum atomic E-state index is 13.3. The number of hydrogen-bond acceptors (Lipinski definition) is 4. The number of hydrogen-bond donors (Lipinski definition) is 0. The minimum atomic E-state index is -3.71. The summed E-state index contributed by atoms with van der Waals surface area (Å²) in [4.78, 5) is 14.9. The van der Waals surface area contributed by atoms with E-state index in [2.05, 4.69) is 0 Å². The van der Waals surface area contributed by atoms with Gasteiger partial charge in [0.15, 0.2) is 0 Å². The SMILES string of the molecule is COc1ccc(C(=O)N2CCCCCC2)cc1S(=O)(=O)N1CCCC[C@H]1C. The van der Waals surface area contributed by atoms with Crippen LogP contribution in [0.4, 0.5) is 0 Å². The Morgan fingerprint density at radius 1 is 1.04 bits per heavy atom. The smallest absolute Gasteiger partial charge is 0.253 e. The molecule has 2 heterocycles. The maximum Gasteiger partial charge on any atom is 0.253 e. The molecule has 0 bridgehead atoms. The molecule has 0 saturated carbocycles. The lowest BCUT2D eigenvalue weighted by atomic mass is 10.1. The summed E-state index contributed by atoms with van der Waals surface area (Å²) in [5.74, 6) is 0.197. The Kier molecular flexibility index (Phi) is 6.42. The van der Waals surface area contributed by atoms with Crippen LogP contribution in [0.15, 0.2) is 23.1 Å². The Hall–Kier alpha value is -1.60. The number of sulfonamides is 1. The van der Waals surface area contributed by atoms with E-state index in [0.29, 0.717) is 17.9 Å². The second kappa shape index (κ2) is 8.61. The van der Waals surface area contributed by atoms with Gasteiger partial charge in [-0.05, 0) is 50.8 Å². The number of rotatable bonds is 4. The highest BCUT2D eigenvalue weighted by Crippen LogP contribution is 2.32. The first-order chi connectivity index (χ1) is 12.9. The summed E-state index contributed by atoms with van der Waals surface area (Å²) >= 11 is 0. The molecule has 1 aromatic rings. The zero-order valence-corrected chi connectivity index (χ0v) is 17.1. The topological polar surface area (TPSA) is 66.9 Å². The van der Waals surface area contributed by atoms with Gasteiger partial charge in [-0.1, -0.05) is 19.3 Å². The number of ether oxygens (including phenoxy) is 1. The van der Waals surface area contributed by atoms with Gasteiger partial charge in [0, 0.05) is 31.2 Å². The number of likely N-dealkylation sites (tertiary alicyclic amines) is 1. The lowest BCUT2D eigenvalue weighted by Gasteiger charge is -2.32. The van der Waals surface area contributed by atoms with Gasteiger partial charge in [-0.3, -0.25) is 4.79 Å². The fraction of sp³-hybridized carbons (Fsp3) is 0.650. The van der Waals surface area contributed by atoms with Gasteiger partial charge in [0.1, 0.15) is 10.6 Å². The van der Waals surface area contributed by atoms with E-state index in [0.717, 1.165) is 58.0 Å². The van der Waals surface area contributed by atoms with E-state index in [4.69, 9.17) is 4.74 Å². The highest BCUT2D eigenvalue weighted by Gasteiger charge is 2.34. The summed E-state index contributed by atoms with van der Waals surface area (Å²) in [5, 5.41) is 0. The highest BCUT2D eigenvalue weighted by atomic mass is 32.2. The molecule has 2 aliphatic rings. The Balaban J connectivity index is 1.94. The van der Waals surface area contributed by atoms with Gasteiger partial charge in [-0.2, -0.15) is 4.31 Å². The summed E-state index contributed by atoms with van der Waals surface area (Å²) in [6, 6.07) is 4.73. The molecule has 7 heteroatoms. The van der Waals surface area contributed by atoms with Gasteiger partial charge in [0.2, 0.25) is 10.0 Å². The van der Waals surface area contributed by atoms with E-state index in [-0.39, 0.29) is 16.8 Å². The standard InChI is InChI=1S/C20H30N2O4S/c1-16-9-5-8-14-22(16)27(24,25)19-15-17(10-11-18(19)26-2)20(23)21-12-6-3-4-7-13-21/h10-11,15-16H,3-9,12-14H2,1-2H3/t16-/m1/s1. The van der Waals surface area contributed by atoms with Crippen LogP contribution < -0.4 is 4.74 Å². The highest BCUT2D eigenvalue weighted by molar-refractivity contribution is 7.89. The van der Waals surface area contributed by atoms with E-state index in [1.165, 1.54) is 13.2 Å². The van der Waals surface area contributed by atoms with Crippen molar-refractivity contribution in [1.82, 2.24) is 9.21 Å². The van der Waals surface area contributed by atoms with Crippen LogP contribution in [0.1, 0.15) is 62.2 Å². The van der Waals surface area contributed by atoms with Gasteiger partial charge >= 0.3 is 0 Å². The fourth-order valence-electron chi connectivity index (χ4n) is 4.02. The van der Waals surface area contributed by atoms with Crippen molar-refractivity contribution in [3.05, 3.63) is 23.8 Å². The summed E-state index contributed by atoms with van der Waals surface area (Å²) in [6.07, 6.45) is 7.03. The number of benzene rings is 1. The fourth-order valence-corrected chi connectivity index (χ4v) is 5.91. The predicted molar refractivity (Wildman–Crippen MR) is 105 cm³/mol. The largest absolute Gasteiger partial charge is 0.495 e. The summed E-state index contributed by atoms with van der Waals surface area (Å²) in [5.41, 5.74) is 0.418. The third kappa shape index (κ3) is 4.29. The average Bonchev–Trinajstić information content (AvgIpc) is 2.96. The molecule has 0 spiro atoms. The van der Waals surface area contributed by atoms with Crippen molar-refractivity contribution in [3.63, 3.8) is 0 Å². The van der Waals surface area contributed by atoms with Gasteiger partial charge in [-0.15, -0.1) is 0 Å². The number of carbonyl (C=O) groups excluding carboxylic acids is 1. The molecule has 150 valence electrons. The normalized spacial score (nSPS) is 22.3. The zero-order valence-electron chi connectivity index (χ0n) is 16.3. The minimum absolute atomic E-state index is 0.0431. The molecule has 3 rings (SSSR count). The van der Waals surface area contributed by atoms with Gasteiger partial charge < -0.3 is 9.64 Å². The molecule has 1 atom stereocenters. The summed E-state index contributed by atoms with van der Waals surface area (Å²) in [7, 11) is -2.25. The molecule has 2 saturated heterocycles. The van der Waals surface area contributed by atoms with Crippen LogP contribution >= 0.6 is 0 Å². The molecule has 0 aliphatic carbocycles. The number of methoxy groups -OCH3 is 1. The first-order valence-electron chi connectivity index (χ1n) is 9.94. The number of piperidine rings is 1. The van der Waals surface area contributed by atoms with Crippen LogP contribution in [0.3, 0.4) is 0 Å². The predicted octanol–water partition coefficient (Wildman–Crippen LogP) is 3.27.